The number of nitrogens with zero attached hydrogens (tertiary/aromatic N) is 1. The summed E-state index contributed by atoms with van der Waals surface area (Å²) in [5, 5.41) is 2.70. The molecule has 1 aliphatic heterocycles. The number of sulfonamides is 1. The monoisotopic (exact) mass is 454 g/mol. The third-order valence-electron chi connectivity index (χ3n) is 5.09. The second-order valence-corrected chi connectivity index (χ2v) is 9.71. The van der Waals surface area contributed by atoms with Gasteiger partial charge in [0.2, 0.25) is 10.0 Å². The van der Waals surface area contributed by atoms with Crippen molar-refractivity contribution in [2.45, 2.75) is 38.0 Å². The van der Waals surface area contributed by atoms with Gasteiger partial charge in [0.15, 0.2) is 6.61 Å². The minimum atomic E-state index is -3.92. The molecular weight excluding hydrogens is 424 g/mol. The van der Waals surface area contributed by atoms with Gasteiger partial charge in [0.25, 0.3) is 5.91 Å². The molecule has 172 valence electrons. The summed E-state index contributed by atoms with van der Waals surface area (Å²) in [5.74, 6) is -1.61. The maximum absolute atomic E-state index is 13.0. The zero-order valence-corrected chi connectivity index (χ0v) is 18.9. The maximum atomic E-state index is 13.0. The van der Waals surface area contributed by atoms with Crippen LogP contribution in [0.25, 0.3) is 0 Å². The van der Waals surface area contributed by atoms with Gasteiger partial charge in [-0.15, -0.1) is 0 Å². The van der Waals surface area contributed by atoms with E-state index in [1.165, 1.54) is 29.6 Å². The Hall–Kier alpha value is -2.46. The minimum Gasteiger partial charge on any atom is -0.465 e. The van der Waals surface area contributed by atoms with Crippen LogP contribution in [0.2, 0.25) is 0 Å². The first-order valence-electron chi connectivity index (χ1n) is 10.3. The van der Waals surface area contributed by atoms with Gasteiger partial charge in [-0.1, -0.05) is 26.0 Å². The molecule has 1 fully saturated rings. The second kappa shape index (κ2) is 11.2. The Bertz CT molecular complexity index is 891. The van der Waals surface area contributed by atoms with Crippen molar-refractivity contribution in [1.82, 2.24) is 9.62 Å². The van der Waals surface area contributed by atoms with Gasteiger partial charge in [-0.05, 0) is 37.3 Å². The van der Waals surface area contributed by atoms with E-state index in [-0.39, 0.29) is 48.9 Å². The summed E-state index contributed by atoms with van der Waals surface area (Å²) in [5.41, 5.74) is -0.0324. The van der Waals surface area contributed by atoms with Crippen LogP contribution >= 0.6 is 0 Å². The topological polar surface area (TPSA) is 119 Å². The normalized spacial score (nSPS) is 15.5. The molecule has 0 saturated carbocycles. The van der Waals surface area contributed by atoms with E-state index < -0.39 is 27.9 Å². The summed E-state index contributed by atoms with van der Waals surface area (Å²) >= 11 is 0. The quantitative estimate of drug-likeness (QED) is 0.563. The average molecular weight is 455 g/mol. The lowest BCUT2D eigenvalue weighted by molar-refractivity contribution is -0.153. The van der Waals surface area contributed by atoms with Crippen LogP contribution in [-0.2, 0) is 29.1 Å². The number of rotatable bonds is 9. The highest BCUT2D eigenvalue weighted by Gasteiger charge is 2.35. The molecule has 1 saturated heterocycles. The van der Waals surface area contributed by atoms with Crippen molar-refractivity contribution < 1.29 is 32.3 Å². The Labute approximate surface area is 183 Å². The van der Waals surface area contributed by atoms with Crippen molar-refractivity contribution in [2.24, 2.45) is 11.8 Å². The van der Waals surface area contributed by atoms with Crippen molar-refractivity contribution in [1.29, 1.82) is 0 Å². The lowest BCUT2D eigenvalue weighted by Gasteiger charge is -2.30. The maximum Gasteiger partial charge on any atom is 0.339 e. The fraction of sp³-hybridized carbons (Fsp3) is 0.571. The smallest absolute Gasteiger partial charge is 0.339 e. The lowest BCUT2D eigenvalue weighted by atomic mass is 9.98. The van der Waals surface area contributed by atoms with E-state index in [1.807, 2.05) is 13.8 Å². The molecular formula is C21H30N2O7S. The second-order valence-electron chi connectivity index (χ2n) is 7.81. The number of amides is 1. The number of ether oxygens (including phenoxy) is 2. The molecule has 0 radical (unpaired) electrons. The molecule has 9 nitrogen and oxygen atoms in total. The summed E-state index contributed by atoms with van der Waals surface area (Å²) < 4.78 is 37.0. The molecule has 0 unspecified atom stereocenters. The summed E-state index contributed by atoms with van der Waals surface area (Å²) in [6.45, 7) is 4.50. The third-order valence-corrected chi connectivity index (χ3v) is 7.04. The number of hydrogen-bond donors (Lipinski definition) is 1. The van der Waals surface area contributed by atoms with Gasteiger partial charge in [-0.3, -0.25) is 9.59 Å². The van der Waals surface area contributed by atoms with Gasteiger partial charge in [0.1, 0.15) is 0 Å². The SMILES string of the molecule is COC(=O)c1ccccc1S(=O)(=O)N1CCC(C(=O)OCC(=O)NCCC(C)C)CC1. The van der Waals surface area contributed by atoms with Crippen LogP contribution in [-0.4, -0.2) is 63.9 Å². The molecule has 2 rings (SSSR count). The number of benzene rings is 1. The van der Waals surface area contributed by atoms with Gasteiger partial charge in [-0.2, -0.15) is 4.31 Å². The van der Waals surface area contributed by atoms with Crippen LogP contribution < -0.4 is 5.32 Å². The van der Waals surface area contributed by atoms with E-state index in [4.69, 9.17) is 4.74 Å². The van der Waals surface area contributed by atoms with Gasteiger partial charge in [0.05, 0.1) is 23.5 Å². The highest BCUT2D eigenvalue weighted by atomic mass is 32.2. The van der Waals surface area contributed by atoms with Gasteiger partial charge < -0.3 is 14.8 Å². The number of carbonyl (C=O) groups is 3. The Balaban J connectivity index is 1.90. The molecule has 1 heterocycles. The predicted octanol–water partition coefficient (Wildman–Crippen LogP) is 1.58. The van der Waals surface area contributed by atoms with E-state index in [0.717, 1.165) is 6.42 Å². The van der Waals surface area contributed by atoms with Crippen molar-refractivity contribution in [3.63, 3.8) is 0 Å². The molecule has 0 bridgehead atoms. The molecule has 1 N–H and O–H groups in total. The lowest BCUT2D eigenvalue weighted by Crippen LogP contribution is -2.41. The van der Waals surface area contributed by atoms with Crippen molar-refractivity contribution >= 4 is 27.9 Å². The molecule has 0 atom stereocenters. The fourth-order valence-electron chi connectivity index (χ4n) is 3.25. The largest absolute Gasteiger partial charge is 0.465 e. The highest BCUT2D eigenvalue weighted by Crippen LogP contribution is 2.26. The molecule has 0 spiro atoms. The van der Waals surface area contributed by atoms with Gasteiger partial charge in [0, 0.05) is 19.6 Å². The zero-order chi connectivity index (χ0) is 23.0. The molecule has 1 amide bonds. The molecule has 10 heteroatoms. The minimum absolute atomic E-state index is 0.0324. The molecule has 1 aromatic carbocycles. The Morgan fingerprint density at radius 1 is 1.16 bits per heavy atom. The van der Waals surface area contributed by atoms with E-state index >= 15 is 0 Å². The number of hydrogen-bond acceptors (Lipinski definition) is 7. The summed E-state index contributed by atoms with van der Waals surface area (Å²) in [6, 6.07) is 5.86. The van der Waals surface area contributed by atoms with Crippen LogP contribution in [0.5, 0.6) is 0 Å². The number of esters is 2. The number of nitrogens with one attached hydrogen (secondary N) is 1. The van der Waals surface area contributed by atoms with Crippen molar-refractivity contribution in [3.8, 4) is 0 Å². The first-order valence-corrected chi connectivity index (χ1v) is 11.7. The van der Waals surface area contributed by atoms with Gasteiger partial charge >= 0.3 is 11.9 Å². The molecule has 1 aliphatic rings. The van der Waals surface area contributed by atoms with Crippen LogP contribution in [0.1, 0.15) is 43.5 Å². The van der Waals surface area contributed by atoms with Gasteiger partial charge in [-0.25, -0.2) is 13.2 Å². The number of piperidine rings is 1. The Morgan fingerprint density at radius 2 is 1.81 bits per heavy atom. The van der Waals surface area contributed by atoms with Crippen LogP contribution in [0.15, 0.2) is 29.2 Å². The molecule has 0 aliphatic carbocycles. The molecule has 31 heavy (non-hydrogen) atoms. The van der Waals surface area contributed by atoms with E-state index in [2.05, 4.69) is 10.1 Å². The highest BCUT2D eigenvalue weighted by molar-refractivity contribution is 7.89. The molecule has 0 aromatic heterocycles. The summed E-state index contributed by atoms with van der Waals surface area (Å²) in [6.07, 6.45) is 1.38. The first kappa shape index (κ1) is 24.8. The summed E-state index contributed by atoms with van der Waals surface area (Å²) in [7, 11) is -2.74. The number of methoxy groups -OCH3 is 1. The van der Waals surface area contributed by atoms with E-state index in [1.54, 1.807) is 6.07 Å². The van der Waals surface area contributed by atoms with E-state index in [9.17, 15) is 22.8 Å². The van der Waals surface area contributed by atoms with Crippen molar-refractivity contribution in [3.05, 3.63) is 29.8 Å². The van der Waals surface area contributed by atoms with Crippen LogP contribution in [0.4, 0.5) is 0 Å². The number of carbonyl (C=O) groups excluding carboxylic acids is 3. The summed E-state index contributed by atoms with van der Waals surface area (Å²) in [4.78, 5) is 35.8. The van der Waals surface area contributed by atoms with Crippen LogP contribution in [0.3, 0.4) is 0 Å². The van der Waals surface area contributed by atoms with E-state index in [0.29, 0.717) is 12.5 Å². The molecule has 1 aromatic rings. The Morgan fingerprint density at radius 3 is 2.42 bits per heavy atom. The average Bonchev–Trinajstić information content (AvgIpc) is 2.76. The third kappa shape index (κ3) is 6.76. The van der Waals surface area contributed by atoms with Crippen LogP contribution in [0, 0.1) is 11.8 Å². The predicted molar refractivity (Wildman–Crippen MR) is 113 cm³/mol. The standard InChI is InChI=1S/C21H30N2O7S/c1-15(2)8-11-22-19(24)14-30-20(25)16-9-12-23(13-10-16)31(27,28)18-7-5-4-6-17(18)21(26)29-3/h4-7,15-16H,8-14H2,1-3H3,(H,22,24). The Kier molecular flexibility index (Phi) is 9.00. The van der Waals surface area contributed by atoms with Crippen molar-refractivity contribution in [2.75, 3.05) is 33.4 Å². The first-order chi connectivity index (χ1) is 14.7. The zero-order valence-electron chi connectivity index (χ0n) is 18.1. The fourth-order valence-corrected chi connectivity index (χ4v) is 4.90.